The van der Waals surface area contributed by atoms with E-state index >= 15 is 0 Å². The van der Waals surface area contributed by atoms with E-state index in [9.17, 15) is 14.9 Å². The van der Waals surface area contributed by atoms with Crippen molar-refractivity contribution in [3.63, 3.8) is 0 Å². The van der Waals surface area contributed by atoms with Crippen LogP contribution in [-0.4, -0.2) is 48.2 Å². The number of hydrogen-bond acceptors (Lipinski definition) is 7. The SMILES string of the molecule is C=CCNC(=O)/C(C#N)=c1\s/c(=C/Nc2cccc(OCCN3CCCC3)c2)c(=O)n1CC. The molecule has 0 bridgehead atoms. The Morgan fingerprint density at radius 2 is 2.15 bits per heavy atom. The zero-order chi connectivity index (χ0) is 23.6. The van der Waals surface area contributed by atoms with Gasteiger partial charge in [0.2, 0.25) is 0 Å². The molecule has 1 aliphatic rings. The summed E-state index contributed by atoms with van der Waals surface area (Å²) in [5, 5.41) is 15.2. The monoisotopic (exact) mass is 467 g/mol. The van der Waals surface area contributed by atoms with Gasteiger partial charge >= 0.3 is 0 Å². The van der Waals surface area contributed by atoms with Crippen LogP contribution in [0.1, 0.15) is 19.8 Å². The first-order valence-electron chi connectivity index (χ1n) is 11.0. The average molecular weight is 468 g/mol. The number of aromatic nitrogens is 1. The summed E-state index contributed by atoms with van der Waals surface area (Å²) >= 11 is 1.11. The van der Waals surface area contributed by atoms with Gasteiger partial charge in [-0.1, -0.05) is 12.1 Å². The Balaban J connectivity index is 1.79. The van der Waals surface area contributed by atoms with Crippen molar-refractivity contribution in [3.05, 3.63) is 56.5 Å². The van der Waals surface area contributed by atoms with E-state index in [2.05, 4.69) is 22.1 Å². The Kier molecular flexibility index (Phi) is 8.87. The lowest BCUT2D eigenvalue weighted by Crippen LogP contribution is -2.34. The van der Waals surface area contributed by atoms with Gasteiger partial charge in [-0.05, 0) is 45.0 Å². The van der Waals surface area contributed by atoms with E-state index in [0.717, 1.165) is 42.4 Å². The Hall–Kier alpha value is -3.35. The molecular formula is C24H29N5O3S. The summed E-state index contributed by atoms with van der Waals surface area (Å²) in [5.74, 6) is 0.226. The van der Waals surface area contributed by atoms with Gasteiger partial charge in [0.05, 0.1) is 0 Å². The summed E-state index contributed by atoms with van der Waals surface area (Å²) in [7, 11) is 0. The average Bonchev–Trinajstić information content (AvgIpc) is 3.45. The summed E-state index contributed by atoms with van der Waals surface area (Å²) < 4.78 is 8.04. The maximum atomic E-state index is 12.8. The molecule has 0 aliphatic carbocycles. The number of hydrogen-bond donors (Lipinski definition) is 2. The molecule has 0 unspecified atom stereocenters. The number of nitrogens with one attached hydrogen (secondary N) is 2. The van der Waals surface area contributed by atoms with E-state index in [-0.39, 0.29) is 17.7 Å². The minimum Gasteiger partial charge on any atom is -0.492 e. The van der Waals surface area contributed by atoms with Crippen LogP contribution in [0.3, 0.4) is 0 Å². The molecule has 174 valence electrons. The molecule has 0 saturated carbocycles. The van der Waals surface area contributed by atoms with Crippen LogP contribution in [0.25, 0.3) is 11.8 Å². The molecule has 0 radical (unpaired) electrons. The molecule has 8 nitrogen and oxygen atoms in total. The summed E-state index contributed by atoms with van der Waals surface area (Å²) in [6.45, 7) is 9.75. The number of nitrogens with zero attached hydrogens (tertiary/aromatic N) is 3. The molecular weight excluding hydrogens is 438 g/mol. The quantitative estimate of drug-likeness (QED) is 0.510. The van der Waals surface area contributed by atoms with Gasteiger partial charge in [-0.15, -0.1) is 17.9 Å². The molecule has 1 aromatic carbocycles. The van der Waals surface area contributed by atoms with E-state index in [1.165, 1.54) is 23.5 Å². The molecule has 2 N–H and O–H groups in total. The van der Waals surface area contributed by atoms with Crippen LogP contribution in [0.2, 0.25) is 0 Å². The van der Waals surface area contributed by atoms with Gasteiger partial charge in [0, 0.05) is 37.6 Å². The summed E-state index contributed by atoms with van der Waals surface area (Å²) in [5.41, 5.74) is 0.431. The first-order chi connectivity index (χ1) is 16.1. The second-order valence-electron chi connectivity index (χ2n) is 7.52. The number of carbonyl (C=O) groups excluding carboxylic acids is 1. The molecule has 9 heteroatoms. The second kappa shape index (κ2) is 12.0. The minimum absolute atomic E-state index is 0.0890. The zero-order valence-electron chi connectivity index (χ0n) is 18.8. The number of anilines is 1. The first-order valence-corrected chi connectivity index (χ1v) is 11.8. The van der Waals surface area contributed by atoms with Crippen LogP contribution in [0.15, 0.2) is 41.7 Å². The largest absolute Gasteiger partial charge is 0.492 e. The number of amides is 1. The van der Waals surface area contributed by atoms with Gasteiger partial charge in [0.15, 0.2) is 5.57 Å². The number of nitriles is 1. The van der Waals surface area contributed by atoms with Gasteiger partial charge in [-0.3, -0.25) is 19.1 Å². The standard InChI is InChI=1S/C24H29N5O3S/c1-3-10-26-22(30)20(16-25)24-29(4-2)23(31)21(33-24)17-27-18-8-7-9-19(15-18)32-14-13-28-11-5-6-12-28/h3,7-9,15,17,27H,1,4-6,10-14H2,2H3,(H,26,30)/b21-17+,24-20-. The number of likely N-dealkylation sites (tertiary alicyclic amines) is 1. The highest BCUT2D eigenvalue weighted by Gasteiger charge is 2.14. The predicted octanol–water partition coefficient (Wildman–Crippen LogP) is 1.23. The molecule has 1 fully saturated rings. The van der Waals surface area contributed by atoms with Crippen LogP contribution in [-0.2, 0) is 11.3 Å². The molecule has 0 spiro atoms. The van der Waals surface area contributed by atoms with Crippen molar-refractivity contribution in [1.29, 1.82) is 5.26 Å². The molecule has 1 saturated heterocycles. The molecule has 1 aliphatic heterocycles. The van der Waals surface area contributed by atoms with Gasteiger partial charge in [-0.25, -0.2) is 0 Å². The summed E-state index contributed by atoms with van der Waals surface area (Å²) in [6.07, 6.45) is 5.64. The summed E-state index contributed by atoms with van der Waals surface area (Å²) in [4.78, 5) is 27.6. The van der Waals surface area contributed by atoms with Gasteiger partial charge < -0.3 is 15.4 Å². The van der Waals surface area contributed by atoms with Gasteiger partial charge in [-0.2, -0.15) is 5.26 Å². The number of ether oxygens (including phenoxy) is 1. The first kappa shape index (κ1) is 24.3. The van der Waals surface area contributed by atoms with E-state index in [0.29, 0.717) is 22.3 Å². The number of benzene rings is 1. The molecule has 1 aromatic heterocycles. The van der Waals surface area contributed by atoms with Crippen LogP contribution >= 0.6 is 11.3 Å². The third-order valence-electron chi connectivity index (χ3n) is 5.26. The molecule has 1 amide bonds. The highest BCUT2D eigenvalue weighted by atomic mass is 32.1. The fourth-order valence-electron chi connectivity index (χ4n) is 3.56. The second-order valence-corrected chi connectivity index (χ2v) is 8.55. The van der Waals surface area contributed by atoms with Gasteiger partial charge in [0.1, 0.15) is 27.6 Å². The fraction of sp³-hybridized carbons (Fsp3) is 0.375. The molecule has 2 heterocycles. The molecule has 33 heavy (non-hydrogen) atoms. The molecule has 3 rings (SSSR count). The van der Waals surface area contributed by atoms with Crippen LogP contribution in [0.5, 0.6) is 5.75 Å². The van der Waals surface area contributed by atoms with Crippen molar-refractivity contribution >= 4 is 34.7 Å². The van der Waals surface area contributed by atoms with E-state index in [4.69, 9.17) is 4.74 Å². The highest BCUT2D eigenvalue weighted by molar-refractivity contribution is 7.07. The minimum atomic E-state index is -0.529. The van der Waals surface area contributed by atoms with Crippen LogP contribution in [0, 0.1) is 11.3 Å². The van der Waals surface area contributed by atoms with Crippen LogP contribution in [0.4, 0.5) is 5.69 Å². The van der Waals surface area contributed by atoms with Crippen molar-refractivity contribution in [3.8, 4) is 11.8 Å². The van der Waals surface area contributed by atoms with Crippen molar-refractivity contribution in [2.24, 2.45) is 0 Å². The maximum Gasteiger partial charge on any atom is 0.270 e. The maximum absolute atomic E-state index is 12.8. The Morgan fingerprint density at radius 3 is 2.85 bits per heavy atom. The van der Waals surface area contributed by atoms with Crippen molar-refractivity contribution in [2.75, 3.05) is 38.1 Å². The Morgan fingerprint density at radius 1 is 1.36 bits per heavy atom. The zero-order valence-corrected chi connectivity index (χ0v) is 19.6. The number of rotatable bonds is 10. The van der Waals surface area contributed by atoms with E-state index in [1.54, 1.807) is 13.1 Å². The third kappa shape index (κ3) is 6.34. The topological polar surface area (TPSA) is 99.4 Å². The highest BCUT2D eigenvalue weighted by Crippen LogP contribution is 2.17. The number of thiazole rings is 1. The van der Waals surface area contributed by atoms with Crippen molar-refractivity contribution < 1.29 is 9.53 Å². The number of carbonyl (C=O) groups is 1. The Bertz CT molecular complexity index is 1200. The van der Waals surface area contributed by atoms with Gasteiger partial charge in [0.25, 0.3) is 11.5 Å². The normalized spacial score (nSPS) is 15.1. The fourth-order valence-corrected chi connectivity index (χ4v) is 4.65. The molecule has 0 atom stereocenters. The summed E-state index contributed by atoms with van der Waals surface area (Å²) in [6, 6.07) is 9.48. The molecule has 2 aromatic rings. The van der Waals surface area contributed by atoms with Crippen molar-refractivity contribution in [2.45, 2.75) is 26.3 Å². The van der Waals surface area contributed by atoms with E-state index < -0.39 is 5.91 Å². The third-order valence-corrected chi connectivity index (χ3v) is 6.39. The predicted molar refractivity (Wildman–Crippen MR) is 131 cm³/mol. The lowest BCUT2D eigenvalue weighted by Gasteiger charge is -2.15. The van der Waals surface area contributed by atoms with Crippen LogP contribution < -0.4 is 30.1 Å². The lowest BCUT2D eigenvalue weighted by molar-refractivity contribution is -0.115. The smallest absolute Gasteiger partial charge is 0.270 e. The van der Waals surface area contributed by atoms with Crippen molar-refractivity contribution in [1.82, 2.24) is 14.8 Å². The Labute approximate surface area is 197 Å². The van der Waals surface area contributed by atoms with E-state index in [1.807, 2.05) is 30.3 Å². The lowest BCUT2D eigenvalue weighted by atomic mass is 10.3.